The first-order valence-corrected chi connectivity index (χ1v) is 11.9. The topological polar surface area (TPSA) is 46.5 Å². The lowest BCUT2D eigenvalue weighted by atomic mass is 9.91. The molecule has 0 aromatic heterocycles. The number of carboxylic acid groups (broad SMARTS) is 1. The zero-order valence-electron chi connectivity index (χ0n) is 18.0. The number of rotatable bonds is 8. The second-order valence-electron chi connectivity index (χ2n) is 8.29. The number of carboxylic acids is 1. The molecule has 2 aliphatic rings. The number of halogens is 3. The third kappa shape index (κ3) is 5.89. The minimum Gasteiger partial charge on any atom is -0.480 e. The lowest BCUT2D eigenvalue weighted by molar-refractivity contribution is -0.144. The van der Waals surface area contributed by atoms with E-state index in [0.717, 1.165) is 54.7 Å². The third-order valence-corrected chi connectivity index (χ3v) is 7.22. The first kappa shape index (κ1) is 23.6. The second kappa shape index (κ2) is 10.2. The highest BCUT2D eigenvalue weighted by atomic mass is 32.2. The summed E-state index contributed by atoms with van der Waals surface area (Å²) in [6.45, 7) is -0.274. The summed E-state index contributed by atoms with van der Waals surface area (Å²) >= 11 is 1.81. The summed E-state index contributed by atoms with van der Waals surface area (Å²) < 4.78 is 43.8. The number of ether oxygens (including phenoxy) is 1. The molecular formula is C26H25F3O3S. The van der Waals surface area contributed by atoms with Gasteiger partial charge in [0.15, 0.2) is 0 Å². The molecule has 0 bridgehead atoms. The molecule has 0 aliphatic heterocycles. The zero-order valence-corrected chi connectivity index (χ0v) is 18.8. The number of aryl methyl sites for hydroxylation is 1. The van der Waals surface area contributed by atoms with E-state index in [1.54, 1.807) is 0 Å². The summed E-state index contributed by atoms with van der Waals surface area (Å²) in [6, 6.07) is 13.2. The van der Waals surface area contributed by atoms with Crippen molar-refractivity contribution in [2.24, 2.45) is 5.92 Å². The van der Waals surface area contributed by atoms with Crippen molar-refractivity contribution < 1.29 is 27.8 Å². The Morgan fingerprint density at radius 2 is 1.73 bits per heavy atom. The minimum absolute atomic E-state index is 0.152. The molecule has 0 saturated heterocycles. The third-order valence-electron chi connectivity index (χ3n) is 6.11. The Hall–Kier alpha value is -2.51. The zero-order chi connectivity index (χ0) is 23.4. The van der Waals surface area contributed by atoms with E-state index in [1.165, 1.54) is 28.2 Å². The van der Waals surface area contributed by atoms with E-state index >= 15 is 0 Å². The number of alkyl halides is 3. The number of allylic oxidation sites excluding steroid dienone is 1. The van der Waals surface area contributed by atoms with Crippen LogP contribution in [0.1, 0.15) is 30.4 Å². The Labute approximate surface area is 195 Å². The number of aliphatic carboxylic acids is 1. The second-order valence-corrected chi connectivity index (χ2v) is 9.42. The number of hydrogen-bond acceptors (Lipinski definition) is 3. The van der Waals surface area contributed by atoms with Crippen molar-refractivity contribution in [3.63, 3.8) is 0 Å². The van der Waals surface area contributed by atoms with Crippen molar-refractivity contribution in [1.29, 1.82) is 0 Å². The first-order valence-electron chi connectivity index (χ1n) is 11.0. The average Bonchev–Trinajstić information content (AvgIpc) is 3.29. The largest absolute Gasteiger partial charge is 0.480 e. The fraction of sp³-hybridized carbons (Fsp3) is 0.346. The number of carbonyl (C=O) groups is 1. The molecule has 7 heteroatoms. The number of thioether (sulfide) groups is 1. The van der Waals surface area contributed by atoms with Gasteiger partial charge in [-0.2, -0.15) is 13.2 Å². The van der Waals surface area contributed by atoms with Crippen molar-refractivity contribution in [3.05, 3.63) is 82.3 Å². The van der Waals surface area contributed by atoms with Gasteiger partial charge in [-0.3, -0.25) is 0 Å². The molecule has 3 nitrogen and oxygen atoms in total. The van der Waals surface area contributed by atoms with Gasteiger partial charge >= 0.3 is 12.1 Å². The summed E-state index contributed by atoms with van der Waals surface area (Å²) in [7, 11) is 0. The van der Waals surface area contributed by atoms with Crippen LogP contribution in [0.4, 0.5) is 13.2 Å². The van der Waals surface area contributed by atoms with E-state index < -0.39 is 17.7 Å². The van der Waals surface area contributed by atoms with Crippen LogP contribution in [-0.2, 0) is 22.1 Å². The molecule has 33 heavy (non-hydrogen) atoms. The predicted octanol–water partition coefficient (Wildman–Crippen LogP) is 6.74. The van der Waals surface area contributed by atoms with E-state index in [1.807, 2.05) is 42.1 Å². The lowest BCUT2D eigenvalue weighted by Crippen LogP contribution is -2.26. The standard InChI is InChI=1S/C26H25F3O3S/c27-26(28,29)20-10-8-19(9-11-20)18-6-4-17(5-7-18)14-15-33-24-13-12-23(32-16-25(30)31)21-2-1-3-22(21)24/h4-13,21,23H,1-3,14-16H2,(H,30,31). The summed E-state index contributed by atoms with van der Waals surface area (Å²) in [5.41, 5.74) is 3.57. The van der Waals surface area contributed by atoms with Crippen LogP contribution in [0.2, 0.25) is 0 Å². The Morgan fingerprint density at radius 1 is 1.06 bits per heavy atom. The van der Waals surface area contributed by atoms with Crippen LogP contribution in [0, 0.1) is 5.92 Å². The number of hydrogen-bond donors (Lipinski definition) is 1. The van der Waals surface area contributed by atoms with Crippen LogP contribution in [0.15, 0.2) is 71.2 Å². The van der Waals surface area contributed by atoms with Gasteiger partial charge in [0.1, 0.15) is 6.61 Å². The van der Waals surface area contributed by atoms with Crippen LogP contribution < -0.4 is 0 Å². The van der Waals surface area contributed by atoms with Crippen molar-refractivity contribution in [3.8, 4) is 11.1 Å². The lowest BCUT2D eigenvalue weighted by Gasteiger charge is -2.27. The Balaban J connectivity index is 1.32. The fourth-order valence-electron chi connectivity index (χ4n) is 4.44. The van der Waals surface area contributed by atoms with E-state index in [2.05, 4.69) is 6.08 Å². The van der Waals surface area contributed by atoms with Gasteiger partial charge in [0.25, 0.3) is 0 Å². The molecule has 1 saturated carbocycles. The monoisotopic (exact) mass is 474 g/mol. The van der Waals surface area contributed by atoms with Gasteiger partial charge in [-0.15, -0.1) is 11.8 Å². The van der Waals surface area contributed by atoms with Gasteiger partial charge in [0.05, 0.1) is 11.7 Å². The maximum Gasteiger partial charge on any atom is 0.416 e. The maximum absolute atomic E-state index is 12.7. The van der Waals surface area contributed by atoms with E-state index in [-0.39, 0.29) is 18.6 Å². The van der Waals surface area contributed by atoms with Crippen LogP contribution in [-0.4, -0.2) is 29.5 Å². The fourth-order valence-corrected chi connectivity index (χ4v) is 5.61. The molecular weight excluding hydrogens is 449 g/mol. The van der Waals surface area contributed by atoms with Crippen LogP contribution >= 0.6 is 11.8 Å². The van der Waals surface area contributed by atoms with E-state index in [9.17, 15) is 18.0 Å². The summed E-state index contributed by atoms with van der Waals surface area (Å²) in [5.74, 6) is 0.243. The summed E-state index contributed by atoms with van der Waals surface area (Å²) in [5, 5.41) is 8.88. The Kier molecular flexibility index (Phi) is 7.29. The molecule has 4 rings (SSSR count). The molecule has 2 aromatic carbocycles. The highest BCUT2D eigenvalue weighted by Gasteiger charge is 2.33. The molecule has 2 atom stereocenters. The van der Waals surface area contributed by atoms with E-state index in [4.69, 9.17) is 9.84 Å². The van der Waals surface area contributed by atoms with Crippen LogP contribution in [0.25, 0.3) is 11.1 Å². The molecule has 2 aromatic rings. The molecule has 1 fully saturated rings. The molecule has 0 spiro atoms. The van der Waals surface area contributed by atoms with Crippen molar-refractivity contribution >= 4 is 17.7 Å². The smallest absolute Gasteiger partial charge is 0.416 e. The van der Waals surface area contributed by atoms with Gasteiger partial charge < -0.3 is 9.84 Å². The van der Waals surface area contributed by atoms with Gasteiger partial charge in [-0.25, -0.2) is 4.79 Å². The highest BCUT2D eigenvalue weighted by molar-refractivity contribution is 8.03. The Morgan fingerprint density at radius 3 is 2.36 bits per heavy atom. The molecule has 0 radical (unpaired) electrons. The molecule has 174 valence electrons. The predicted molar refractivity (Wildman–Crippen MR) is 124 cm³/mol. The Bertz CT molecular complexity index is 1040. The summed E-state index contributed by atoms with van der Waals surface area (Å²) in [4.78, 5) is 12.1. The quantitative estimate of drug-likeness (QED) is 0.460. The van der Waals surface area contributed by atoms with Gasteiger partial charge in [0, 0.05) is 16.6 Å². The number of benzene rings is 2. The van der Waals surface area contributed by atoms with Crippen molar-refractivity contribution in [2.75, 3.05) is 12.4 Å². The average molecular weight is 475 g/mol. The van der Waals surface area contributed by atoms with Crippen molar-refractivity contribution in [2.45, 2.75) is 38.0 Å². The normalized spacial score (nSPS) is 20.2. The highest BCUT2D eigenvalue weighted by Crippen LogP contribution is 2.43. The van der Waals surface area contributed by atoms with Gasteiger partial charge in [-0.1, -0.05) is 54.1 Å². The van der Waals surface area contributed by atoms with Crippen LogP contribution in [0.5, 0.6) is 0 Å². The molecule has 1 N–H and O–H groups in total. The van der Waals surface area contributed by atoms with E-state index in [0.29, 0.717) is 0 Å². The minimum atomic E-state index is -4.32. The molecule has 0 amide bonds. The molecule has 0 heterocycles. The SMILES string of the molecule is O=C(O)COC1C=CC(SCCc2ccc(-c3ccc(C(F)(F)F)cc3)cc2)=C2CCCC21. The van der Waals surface area contributed by atoms with Gasteiger partial charge in [-0.05, 0) is 54.5 Å². The number of fused-ring (bicyclic) bond motifs is 1. The molecule has 2 unspecified atom stereocenters. The van der Waals surface area contributed by atoms with Crippen LogP contribution in [0.3, 0.4) is 0 Å². The van der Waals surface area contributed by atoms with Crippen molar-refractivity contribution in [1.82, 2.24) is 0 Å². The van der Waals surface area contributed by atoms with Gasteiger partial charge in [0.2, 0.25) is 0 Å². The first-order chi connectivity index (χ1) is 15.8. The maximum atomic E-state index is 12.7. The summed E-state index contributed by atoms with van der Waals surface area (Å²) in [6.07, 6.45) is 3.63. The molecule has 2 aliphatic carbocycles.